The van der Waals surface area contributed by atoms with Crippen LogP contribution in [0.5, 0.6) is 0 Å². The van der Waals surface area contributed by atoms with Crippen molar-refractivity contribution >= 4 is 23.6 Å². The minimum atomic E-state index is -0.667. The van der Waals surface area contributed by atoms with Crippen LogP contribution in [0.3, 0.4) is 0 Å². The molecule has 7 nitrogen and oxygen atoms in total. The first kappa shape index (κ1) is 13.5. The van der Waals surface area contributed by atoms with Gasteiger partial charge < -0.3 is 14.5 Å². The fourth-order valence-electron chi connectivity index (χ4n) is 0.941. The Bertz CT molecular complexity index is 407. The van der Waals surface area contributed by atoms with Crippen molar-refractivity contribution in [3.63, 3.8) is 0 Å². The molecule has 0 aliphatic heterocycles. The van der Waals surface area contributed by atoms with Crippen molar-refractivity contribution in [3.05, 3.63) is 5.89 Å². The van der Waals surface area contributed by atoms with Gasteiger partial charge in [0.25, 0.3) is 5.22 Å². The van der Waals surface area contributed by atoms with E-state index in [1.165, 1.54) is 7.05 Å². The molecule has 0 aliphatic carbocycles. The molecule has 1 amide bonds. The van der Waals surface area contributed by atoms with Crippen molar-refractivity contribution in [2.75, 3.05) is 13.7 Å². The number of nitrogens with zero attached hydrogens (tertiary/aromatic N) is 2. The van der Waals surface area contributed by atoms with E-state index in [1.807, 2.05) is 0 Å². The molecule has 17 heavy (non-hydrogen) atoms. The van der Waals surface area contributed by atoms with Crippen molar-refractivity contribution in [1.29, 1.82) is 0 Å². The zero-order valence-electron chi connectivity index (χ0n) is 9.72. The molecule has 0 aromatic carbocycles. The molecule has 1 aromatic rings. The number of rotatable bonds is 5. The highest BCUT2D eigenvalue weighted by Gasteiger charge is 2.20. The predicted octanol–water partition coefficient (Wildman–Crippen LogP) is 0.473. The topological polar surface area (TPSA) is 94.3 Å². The van der Waals surface area contributed by atoms with Gasteiger partial charge >= 0.3 is 11.9 Å². The van der Waals surface area contributed by atoms with E-state index >= 15 is 0 Å². The highest BCUT2D eigenvalue weighted by molar-refractivity contribution is 8.00. The van der Waals surface area contributed by atoms with Crippen molar-refractivity contribution in [2.24, 2.45) is 0 Å². The highest BCUT2D eigenvalue weighted by atomic mass is 32.2. The SMILES string of the molecule is CCOC(=O)c1nnc(SC(C)C(=O)NC)o1. The van der Waals surface area contributed by atoms with Crippen LogP contribution < -0.4 is 5.32 Å². The molecule has 0 fully saturated rings. The Labute approximate surface area is 102 Å². The Kier molecular flexibility index (Phi) is 4.95. The molecule has 1 aromatic heterocycles. The van der Waals surface area contributed by atoms with Gasteiger partial charge in [-0.1, -0.05) is 16.9 Å². The van der Waals surface area contributed by atoms with Gasteiger partial charge in [0.05, 0.1) is 11.9 Å². The molecular formula is C9H13N3O4S. The summed E-state index contributed by atoms with van der Waals surface area (Å²) in [7, 11) is 1.54. The standard InChI is InChI=1S/C9H13N3O4S/c1-4-15-8(14)7-11-12-9(16-7)17-5(2)6(13)10-3/h5H,4H2,1-3H3,(H,10,13). The molecule has 94 valence electrons. The maximum Gasteiger partial charge on any atom is 0.396 e. The van der Waals surface area contributed by atoms with Crippen molar-refractivity contribution in [3.8, 4) is 0 Å². The van der Waals surface area contributed by atoms with Crippen LogP contribution in [-0.2, 0) is 9.53 Å². The van der Waals surface area contributed by atoms with Gasteiger partial charge in [0.1, 0.15) is 0 Å². The molecule has 1 atom stereocenters. The van der Waals surface area contributed by atoms with E-state index in [0.29, 0.717) is 0 Å². The van der Waals surface area contributed by atoms with E-state index in [1.54, 1.807) is 13.8 Å². The zero-order valence-corrected chi connectivity index (χ0v) is 10.5. The smallest absolute Gasteiger partial charge is 0.396 e. The third-order valence-electron chi connectivity index (χ3n) is 1.75. The monoisotopic (exact) mass is 259 g/mol. The maximum atomic E-state index is 11.2. The lowest BCUT2D eigenvalue weighted by atomic mass is 10.4. The molecule has 0 saturated carbocycles. The van der Waals surface area contributed by atoms with Gasteiger partial charge in [0.2, 0.25) is 5.91 Å². The Morgan fingerprint density at radius 3 is 2.82 bits per heavy atom. The molecule has 8 heteroatoms. The summed E-state index contributed by atoms with van der Waals surface area (Å²) in [5, 5.41) is 9.44. The molecule has 1 heterocycles. The largest absolute Gasteiger partial charge is 0.459 e. The fraction of sp³-hybridized carbons (Fsp3) is 0.556. The number of nitrogens with one attached hydrogen (secondary N) is 1. The summed E-state index contributed by atoms with van der Waals surface area (Å²) in [6.45, 7) is 3.60. The van der Waals surface area contributed by atoms with Crippen molar-refractivity contribution < 1.29 is 18.7 Å². The van der Waals surface area contributed by atoms with Crippen molar-refractivity contribution in [1.82, 2.24) is 15.5 Å². The van der Waals surface area contributed by atoms with Gasteiger partial charge in [-0.05, 0) is 13.8 Å². The van der Waals surface area contributed by atoms with E-state index in [2.05, 4.69) is 15.5 Å². The van der Waals surface area contributed by atoms with Crippen LogP contribution in [0.15, 0.2) is 9.64 Å². The van der Waals surface area contributed by atoms with Gasteiger partial charge in [-0.25, -0.2) is 4.79 Å². The zero-order chi connectivity index (χ0) is 12.8. The van der Waals surface area contributed by atoms with Crippen LogP contribution >= 0.6 is 11.8 Å². The van der Waals surface area contributed by atoms with E-state index in [4.69, 9.17) is 9.15 Å². The average molecular weight is 259 g/mol. The van der Waals surface area contributed by atoms with Gasteiger partial charge in [-0.2, -0.15) is 0 Å². The summed E-state index contributed by atoms with van der Waals surface area (Å²) in [6.07, 6.45) is 0. The third kappa shape index (κ3) is 3.74. The molecule has 0 spiro atoms. The number of thioether (sulfide) groups is 1. The Balaban J connectivity index is 2.62. The van der Waals surface area contributed by atoms with Gasteiger partial charge in [-0.15, -0.1) is 5.10 Å². The van der Waals surface area contributed by atoms with Crippen LogP contribution in [0.1, 0.15) is 24.5 Å². The lowest BCUT2D eigenvalue weighted by molar-refractivity contribution is -0.119. The summed E-state index contributed by atoms with van der Waals surface area (Å²) in [6, 6.07) is 0. The number of carbonyl (C=O) groups excluding carboxylic acids is 2. The number of hydrogen-bond acceptors (Lipinski definition) is 7. The molecule has 0 saturated heterocycles. The number of hydrogen-bond donors (Lipinski definition) is 1. The summed E-state index contributed by atoms with van der Waals surface area (Å²) in [5.41, 5.74) is 0. The molecule has 0 bridgehead atoms. The fourth-order valence-corrected chi connectivity index (χ4v) is 1.68. The van der Waals surface area contributed by atoms with E-state index < -0.39 is 5.97 Å². The minimum absolute atomic E-state index is 0.157. The molecule has 1 unspecified atom stereocenters. The highest BCUT2D eigenvalue weighted by Crippen LogP contribution is 2.21. The molecule has 1 N–H and O–H groups in total. The van der Waals surface area contributed by atoms with Gasteiger partial charge in [-0.3, -0.25) is 4.79 Å². The van der Waals surface area contributed by atoms with E-state index in [0.717, 1.165) is 11.8 Å². The van der Waals surface area contributed by atoms with E-state index in [-0.39, 0.29) is 28.9 Å². The third-order valence-corrected chi connectivity index (χ3v) is 2.68. The van der Waals surface area contributed by atoms with Crippen LogP contribution in [0, 0.1) is 0 Å². The van der Waals surface area contributed by atoms with Gasteiger partial charge in [0, 0.05) is 7.05 Å². The number of ether oxygens (including phenoxy) is 1. The van der Waals surface area contributed by atoms with Gasteiger partial charge in [0.15, 0.2) is 0 Å². The molecule has 0 aliphatic rings. The summed E-state index contributed by atoms with van der Waals surface area (Å²) in [4.78, 5) is 22.5. The van der Waals surface area contributed by atoms with Crippen molar-refractivity contribution in [2.45, 2.75) is 24.3 Å². The number of esters is 1. The molecule has 0 radical (unpaired) electrons. The summed E-state index contributed by atoms with van der Waals surface area (Å²) >= 11 is 1.07. The lowest BCUT2D eigenvalue weighted by Gasteiger charge is -2.04. The number of carbonyl (C=O) groups is 2. The summed E-state index contributed by atoms with van der Waals surface area (Å²) < 4.78 is 9.74. The second-order valence-corrected chi connectivity index (χ2v) is 4.26. The van der Waals surface area contributed by atoms with Crippen LogP contribution in [0.4, 0.5) is 0 Å². The first-order chi connectivity index (χ1) is 8.08. The van der Waals surface area contributed by atoms with E-state index in [9.17, 15) is 9.59 Å². The lowest BCUT2D eigenvalue weighted by Crippen LogP contribution is -2.27. The first-order valence-corrected chi connectivity index (χ1v) is 5.85. The van der Waals surface area contributed by atoms with Crippen LogP contribution in [0.25, 0.3) is 0 Å². The minimum Gasteiger partial charge on any atom is -0.459 e. The Hall–Kier alpha value is -1.57. The first-order valence-electron chi connectivity index (χ1n) is 4.97. The number of amides is 1. The molecule has 1 rings (SSSR count). The quantitative estimate of drug-likeness (QED) is 0.606. The summed E-state index contributed by atoms with van der Waals surface area (Å²) in [5.74, 6) is -1.04. The maximum absolute atomic E-state index is 11.2. The molecular weight excluding hydrogens is 246 g/mol. The normalized spacial score (nSPS) is 11.9. The van der Waals surface area contributed by atoms with Crippen LogP contribution in [-0.4, -0.2) is 41.0 Å². The number of aromatic nitrogens is 2. The Morgan fingerprint density at radius 1 is 1.53 bits per heavy atom. The Morgan fingerprint density at radius 2 is 2.24 bits per heavy atom. The second kappa shape index (κ2) is 6.24. The second-order valence-electron chi connectivity index (χ2n) is 2.97. The average Bonchev–Trinajstić information content (AvgIpc) is 2.76. The predicted molar refractivity (Wildman–Crippen MR) is 59.6 cm³/mol. The van der Waals surface area contributed by atoms with Crippen LogP contribution in [0.2, 0.25) is 0 Å².